The van der Waals surface area contributed by atoms with Gasteiger partial charge in [0.05, 0.1) is 25.4 Å². The fraction of sp³-hybridized carbons (Fsp3) is 0.930. The van der Waals surface area contributed by atoms with Crippen molar-refractivity contribution in [3.8, 4) is 0 Å². The second-order valence-electron chi connectivity index (χ2n) is 25.0. The first-order chi connectivity index (χ1) is 39.3. The predicted octanol–water partition coefficient (Wildman–Crippen LogP) is 19.3. The van der Waals surface area contributed by atoms with E-state index >= 15 is 0 Å². The molecule has 1 amide bonds. The number of aliphatic hydroxyl groups is 5. The van der Waals surface area contributed by atoms with Crippen LogP contribution in [0.15, 0.2) is 24.3 Å². The lowest BCUT2D eigenvalue weighted by Gasteiger charge is -2.40. The monoisotopic (exact) mass is 1130 g/mol. The van der Waals surface area contributed by atoms with Crippen molar-refractivity contribution in [3.05, 3.63) is 24.3 Å². The van der Waals surface area contributed by atoms with Crippen LogP contribution in [0.3, 0.4) is 0 Å². The van der Waals surface area contributed by atoms with E-state index in [1.165, 1.54) is 295 Å². The number of unbranched alkanes of at least 4 members (excludes halogenated alkanes) is 49. The van der Waals surface area contributed by atoms with Gasteiger partial charge in [-0.15, -0.1) is 0 Å². The molecule has 9 nitrogen and oxygen atoms in total. The molecule has 0 aromatic heterocycles. The van der Waals surface area contributed by atoms with E-state index < -0.39 is 49.5 Å². The van der Waals surface area contributed by atoms with E-state index in [1.807, 2.05) is 0 Å². The third-order valence-electron chi connectivity index (χ3n) is 17.3. The van der Waals surface area contributed by atoms with E-state index in [0.717, 1.165) is 44.9 Å². The summed E-state index contributed by atoms with van der Waals surface area (Å²) in [5, 5.41) is 54.9. The average Bonchev–Trinajstić information content (AvgIpc) is 3.46. The normalized spacial score (nSPS) is 18.5. The van der Waals surface area contributed by atoms with E-state index in [1.54, 1.807) is 0 Å². The van der Waals surface area contributed by atoms with Crippen LogP contribution in [-0.2, 0) is 14.3 Å². The van der Waals surface area contributed by atoms with Crippen LogP contribution in [0, 0.1) is 0 Å². The number of amides is 1. The smallest absolute Gasteiger partial charge is 0.220 e. The van der Waals surface area contributed by atoms with Gasteiger partial charge < -0.3 is 40.3 Å². The van der Waals surface area contributed by atoms with E-state index in [4.69, 9.17) is 9.47 Å². The Balaban J connectivity index is 2.03. The first-order valence-corrected chi connectivity index (χ1v) is 35.5. The summed E-state index contributed by atoms with van der Waals surface area (Å²) in [5.41, 5.74) is 0. The lowest BCUT2D eigenvalue weighted by molar-refractivity contribution is -0.302. The lowest BCUT2D eigenvalue weighted by atomic mass is 9.99. The van der Waals surface area contributed by atoms with Gasteiger partial charge in [-0.2, -0.15) is 0 Å². The molecule has 1 aliphatic rings. The Labute approximate surface area is 496 Å². The molecule has 0 saturated carbocycles. The SMILES string of the molecule is CCCCCCC/C=C\C/C=C\CCCCCCCCCCCCCCCCCCCCCCCCCCCCCC(=O)NC(COC1OC(CO)C(O)C(O)C1O)C(O)CCCCCCCCCCCCCCCCCCCC. The maximum atomic E-state index is 13.1. The average molecular weight is 1130 g/mol. The molecule has 1 saturated heterocycles. The third-order valence-corrected chi connectivity index (χ3v) is 17.3. The standard InChI is InChI=1S/C71H137NO8/c1-3-5-7-9-11-13-15-17-19-21-23-24-25-26-27-28-29-30-31-32-33-34-35-36-37-38-39-40-41-42-43-45-47-49-51-53-55-57-59-61-67(75)72-64(63-79-71-70(78)69(77)68(76)66(62-73)80-71)65(74)60-58-56-54-52-50-48-46-44-22-20-18-16-14-12-10-8-6-4-2/h15,17,21,23,64-66,68-71,73-74,76-78H,3-14,16,18-20,22,24-63H2,1-2H3,(H,72,75)/b17-15-,23-21-. The summed E-state index contributed by atoms with van der Waals surface area (Å²) in [6.07, 6.45) is 72.6. The molecule has 9 heteroatoms. The number of hydrogen-bond donors (Lipinski definition) is 6. The second kappa shape index (κ2) is 60.8. The molecule has 0 bridgehead atoms. The maximum Gasteiger partial charge on any atom is 0.220 e. The number of nitrogens with one attached hydrogen (secondary N) is 1. The molecule has 1 aliphatic heterocycles. The quantitative estimate of drug-likeness (QED) is 0.0261. The van der Waals surface area contributed by atoms with Crippen LogP contribution in [0.2, 0.25) is 0 Å². The molecule has 0 aromatic rings. The highest BCUT2D eigenvalue weighted by atomic mass is 16.7. The Kier molecular flexibility index (Phi) is 58.3. The van der Waals surface area contributed by atoms with Gasteiger partial charge in [0.15, 0.2) is 6.29 Å². The van der Waals surface area contributed by atoms with Crippen LogP contribution in [0.4, 0.5) is 0 Å². The highest BCUT2D eigenvalue weighted by Crippen LogP contribution is 2.24. The first kappa shape index (κ1) is 76.7. The molecule has 1 rings (SSSR count). The molecule has 80 heavy (non-hydrogen) atoms. The lowest BCUT2D eigenvalue weighted by Crippen LogP contribution is -2.60. The zero-order chi connectivity index (χ0) is 57.9. The largest absolute Gasteiger partial charge is 0.394 e. The van der Waals surface area contributed by atoms with E-state index in [2.05, 4.69) is 43.5 Å². The minimum atomic E-state index is -1.55. The van der Waals surface area contributed by atoms with Crippen LogP contribution in [0.1, 0.15) is 367 Å². The number of rotatable bonds is 63. The van der Waals surface area contributed by atoms with Crippen molar-refractivity contribution in [2.24, 2.45) is 0 Å². The summed E-state index contributed by atoms with van der Waals surface area (Å²) in [6, 6.07) is -0.716. The number of ether oxygens (including phenoxy) is 2. The van der Waals surface area contributed by atoms with E-state index in [-0.39, 0.29) is 12.5 Å². The molecule has 0 spiro atoms. The number of allylic oxidation sites excluding steroid dienone is 4. The summed E-state index contributed by atoms with van der Waals surface area (Å²) in [6.45, 7) is 3.88. The summed E-state index contributed by atoms with van der Waals surface area (Å²) in [4.78, 5) is 13.1. The molecule has 0 aromatic carbocycles. The maximum absolute atomic E-state index is 13.1. The highest BCUT2D eigenvalue weighted by molar-refractivity contribution is 5.76. The van der Waals surface area contributed by atoms with E-state index in [0.29, 0.717) is 12.8 Å². The molecule has 0 aliphatic carbocycles. The molecule has 7 unspecified atom stereocenters. The summed E-state index contributed by atoms with van der Waals surface area (Å²) in [5.74, 6) is -0.135. The molecule has 474 valence electrons. The molecule has 7 atom stereocenters. The summed E-state index contributed by atoms with van der Waals surface area (Å²) in [7, 11) is 0. The van der Waals surface area contributed by atoms with Crippen molar-refractivity contribution in [1.29, 1.82) is 0 Å². The number of aliphatic hydroxyl groups excluding tert-OH is 5. The molecular weight excluding hydrogens is 995 g/mol. The van der Waals surface area contributed by atoms with Crippen molar-refractivity contribution >= 4 is 5.91 Å². The second-order valence-corrected chi connectivity index (χ2v) is 25.0. The van der Waals surface area contributed by atoms with Gasteiger partial charge in [0.2, 0.25) is 5.91 Å². The Morgan fingerprint density at radius 3 is 1.07 bits per heavy atom. The fourth-order valence-electron chi connectivity index (χ4n) is 11.7. The topological polar surface area (TPSA) is 149 Å². The third kappa shape index (κ3) is 49.0. The van der Waals surface area contributed by atoms with Crippen LogP contribution in [-0.4, -0.2) is 87.5 Å². The Bertz CT molecular complexity index is 1310. The number of hydrogen-bond acceptors (Lipinski definition) is 8. The van der Waals surface area contributed by atoms with Crippen LogP contribution in [0.5, 0.6) is 0 Å². The summed E-state index contributed by atoms with van der Waals surface area (Å²) >= 11 is 0. The molecule has 6 N–H and O–H groups in total. The van der Waals surface area contributed by atoms with Gasteiger partial charge in [-0.25, -0.2) is 0 Å². The molecule has 1 heterocycles. The van der Waals surface area contributed by atoms with Crippen molar-refractivity contribution in [2.75, 3.05) is 13.2 Å². The van der Waals surface area contributed by atoms with Gasteiger partial charge in [0, 0.05) is 6.42 Å². The fourth-order valence-corrected chi connectivity index (χ4v) is 11.7. The van der Waals surface area contributed by atoms with Crippen LogP contribution < -0.4 is 5.32 Å². The van der Waals surface area contributed by atoms with Gasteiger partial charge in [-0.3, -0.25) is 4.79 Å². The molecule has 0 radical (unpaired) electrons. The van der Waals surface area contributed by atoms with Gasteiger partial charge >= 0.3 is 0 Å². The Morgan fingerprint density at radius 1 is 0.425 bits per heavy atom. The van der Waals surface area contributed by atoms with Gasteiger partial charge in [-0.1, -0.05) is 340 Å². The van der Waals surface area contributed by atoms with Crippen LogP contribution in [0.25, 0.3) is 0 Å². The minimum absolute atomic E-state index is 0.132. The number of carbonyl (C=O) groups is 1. The van der Waals surface area contributed by atoms with E-state index in [9.17, 15) is 30.3 Å². The molecule has 1 fully saturated rings. The highest BCUT2D eigenvalue weighted by Gasteiger charge is 2.44. The number of carbonyl (C=O) groups excluding carboxylic acids is 1. The van der Waals surface area contributed by atoms with Crippen molar-refractivity contribution in [2.45, 2.75) is 410 Å². The van der Waals surface area contributed by atoms with Gasteiger partial charge in [-0.05, 0) is 44.9 Å². The van der Waals surface area contributed by atoms with Gasteiger partial charge in [0.1, 0.15) is 24.4 Å². The summed E-state index contributed by atoms with van der Waals surface area (Å²) < 4.78 is 11.4. The molecular formula is C71H137NO8. The van der Waals surface area contributed by atoms with Crippen LogP contribution >= 0.6 is 0 Å². The predicted molar refractivity (Wildman–Crippen MR) is 341 cm³/mol. The Morgan fingerprint density at radius 2 is 0.738 bits per heavy atom. The minimum Gasteiger partial charge on any atom is -0.394 e. The van der Waals surface area contributed by atoms with Crippen molar-refractivity contribution in [3.63, 3.8) is 0 Å². The zero-order valence-electron chi connectivity index (χ0n) is 53.1. The zero-order valence-corrected chi connectivity index (χ0v) is 53.1. The van der Waals surface area contributed by atoms with Crippen molar-refractivity contribution in [1.82, 2.24) is 5.32 Å². The Hall–Kier alpha value is -1.33. The first-order valence-electron chi connectivity index (χ1n) is 35.5. The van der Waals surface area contributed by atoms with Gasteiger partial charge in [0.25, 0.3) is 0 Å². The van der Waals surface area contributed by atoms with Crippen molar-refractivity contribution < 1.29 is 39.8 Å².